The van der Waals surface area contributed by atoms with Gasteiger partial charge in [0.2, 0.25) is 0 Å². The van der Waals surface area contributed by atoms with Crippen molar-refractivity contribution in [3.8, 4) is 22.4 Å². The van der Waals surface area contributed by atoms with Crippen LogP contribution in [0.4, 0.5) is 0 Å². The Morgan fingerprint density at radius 2 is 1.78 bits per heavy atom. The van der Waals surface area contributed by atoms with E-state index >= 15 is 0 Å². The molecule has 1 aromatic carbocycles. The van der Waals surface area contributed by atoms with Crippen LogP contribution in [0.3, 0.4) is 0 Å². The van der Waals surface area contributed by atoms with Crippen LogP contribution in [0.25, 0.3) is 28.0 Å². The molecule has 0 radical (unpaired) electrons. The van der Waals surface area contributed by atoms with Crippen LogP contribution in [0.1, 0.15) is 11.3 Å². The maximum Gasteiger partial charge on any atom is 0.136 e. The normalized spacial score (nSPS) is 11.0. The first-order chi connectivity index (χ1) is 11.2. The van der Waals surface area contributed by atoms with E-state index in [0.29, 0.717) is 0 Å². The van der Waals surface area contributed by atoms with Gasteiger partial charge in [-0.2, -0.15) is 0 Å². The Hall–Kier alpha value is -2.94. The Labute approximate surface area is 135 Å². The molecule has 23 heavy (non-hydrogen) atoms. The first-order valence-corrected chi connectivity index (χ1v) is 7.68. The largest absolute Gasteiger partial charge is 0.304 e. The molecule has 0 aliphatic rings. The maximum absolute atomic E-state index is 4.63. The van der Waals surface area contributed by atoms with E-state index in [1.807, 2.05) is 18.5 Å². The van der Waals surface area contributed by atoms with Gasteiger partial charge in [-0.15, -0.1) is 0 Å². The van der Waals surface area contributed by atoms with Gasteiger partial charge in [-0.25, -0.2) is 4.98 Å². The number of hydrogen-bond donors (Lipinski definition) is 0. The van der Waals surface area contributed by atoms with Crippen molar-refractivity contribution in [1.29, 1.82) is 0 Å². The van der Waals surface area contributed by atoms with E-state index in [4.69, 9.17) is 0 Å². The summed E-state index contributed by atoms with van der Waals surface area (Å²) in [5.41, 5.74) is 7.75. The topological polar surface area (TPSA) is 30.2 Å². The maximum atomic E-state index is 4.63. The van der Waals surface area contributed by atoms with Gasteiger partial charge in [0.15, 0.2) is 0 Å². The Bertz CT molecular complexity index is 999. The minimum atomic E-state index is 0.965. The van der Waals surface area contributed by atoms with Crippen LogP contribution in [-0.4, -0.2) is 14.4 Å². The highest BCUT2D eigenvalue weighted by Gasteiger charge is 2.10. The second kappa shape index (κ2) is 5.36. The van der Waals surface area contributed by atoms with Crippen molar-refractivity contribution in [3.05, 3.63) is 78.4 Å². The van der Waals surface area contributed by atoms with E-state index in [-0.39, 0.29) is 0 Å². The number of aromatic nitrogens is 3. The highest BCUT2D eigenvalue weighted by atomic mass is 15.0. The second-order valence-corrected chi connectivity index (χ2v) is 5.81. The summed E-state index contributed by atoms with van der Waals surface area (Å²) in [7, 11) is 0. The van der Waals surface area contributed by atoms with E-state index in [2.05, 4.69) is 76.9 Å². The molecule has 112 valence electrons. The molecular formula is C20H17N3. The molecule has 0 amide bonds. The van der Waals surface area contributed by atoms with Crippen LogP contribution in [0.2, 0.25) is 0 Å². The van der Waals surface area contributed by atoms with Gasteiger partial charge in [0.05, 0.1) is 5.69 Å². The summed E-state index contributed by atoms with van der Waals surface area (Å²) in [6, 6.07) is 16.7. The lowest BCUT2D eigenvalue weighted by Crippen LogP contribution is -1.93. The molecule has 3 nitrogen and oxygen atoms in total. The van der Waals surface area contributed by atoms with Crippen molar-refractivity contribution >= 4 is 5.65 Å². The average Bonchev–Trinajstić information content (AvgIpc) is 2.95. The van der Waals surface area contributed by atoms with Crippen LogP contribution in [0.5, 0.6) is 0 Å². The fourth-order valence-electron chi connectivity index (χ4n) is 2.92. The molecule has 0 aliphatic heterocycles. The van der Waals surface area contributed by atoms with Gasteiger partial charge >= 0.3 is 0 Å². The number of hydrogen-bond acceptors (Lipinski definition) is 2. The van der Waals surface area contributed by atoms with Crippen molar-refractivity contribution in [3.63, 3.8) is 0 Å². The summed E-state index contributed by atoms with van der Waals surface area (Å²) >= 11 is 0. The summed E-state index contributed by atoms with van der Waals surface area (Å²) in [6.45, 7) is 4.17. The first kappa shape index (κ1) is 13.7. The summed E-state index contributed by atoms with van der Waals surface area (Å²) in [5, 5.41) is 0. The number of aryl methyl sites for hydroxylation is 2. The minimum absolute atomic E-state index is 0.965. The van der Waals surface area contributed by atoms with Gasteiger partial charge in [-0.05, 0) is 38.1 Å². The molecule has 0 spiro atoms. The predicted molar refractivity (Wildman–Crippen MR) is 93.3 cm³/mol. The number of imidazole rings is 1. The van der Waals surface area contributed by atoms with Crippen LogP contribution >= 0.6 is 0 Å². The van der Waals surface area contributed by atoms with E-state index in [0.717, 1.165) is 33.7 Å². The minimum Gasteiger partial charge on any atom is -0.304 e. The summed E-state index contributed by atoms with van der Waals surface area (Å²) in [5.74, 6) is 0. The van der Waals surface area contributed by atoms with Crippen molar-refractivity contribution in [1.82, 2.24) is 14.4 Å². The third kappa shape index (κ3) is 2.40. The number of benzene rings is 1. The lowest BCUT2D eigenvalue weighted by Gasteiger charge is -2.10. The number of pyridine rings is 2. The van der Waals surface area contributed by atoms with E-state index < -0.39 is 0 Å². The monoisotopic (exact) mass is 299 g/mol. The van der Waals surface area contributed by atoms with E-state index in [9.17, 15) is 0 Å². The highest BCUT2D eigenvalue weighted by Crippen LogP contribution is 2.30. The fourth-order valence-corrected chi connectivity index (χ4v) is 2.92. The van der Waals surface area contributed by atoms with Crippen molar-refractivity contribution in [2.24, 2.45) is 0 Å². The summed E-state index contributed by atoms with van der Waals surface area (Å²) < 4.78 is 2.11. The van der Waals surface area contributed by atoms with Gasteiger partial charge in [0, 0.05) is 41.0 Å². The molecule has 0 saturated heterocycles. The molecule has 4 aromatic rings. The first-order valence-electron chi connectivity index (χ1n) is 7.68. The van der Waals surface area contributed by atoms with E-state index in [1.54, 1.807) is 0 Å². The zero-order valence-electron chi connectivity index (χ0n) is 13.2. The molecule has 3 heterocycles. The fraction of sp³-hybridized carbons (Fsp3) is 0.100. The third-order valence-electron chi connectivity index (χ3n) is 4.10. The summed E-state index contributed by atoms with van der Waals surface area (Å²) in [6.07, 6.45) is 5.87. The van der Waals surface area contributed by atoms with Gasteiger partial charge in [0.25, 0.3) is 0 Å². The molecule has 3 aromatic heterocycles. The van der Waals surface area contributed by atoms with Crippen LogP contribution < -0.4 is 0 Å². The Morgan fingerprint density at radius 1 is 0.870 bits per heavy atom. The smallest absolute Gasteiger partial charge is 0.136 e. The second-order valence-electron chi connectivity index (χ2n) is 5.81. The molecular weight excluding hydrogens is 282 g/mol. The van der Waals surface area contributed by atoms with Crippen molar-refractivity contribution in [2.45, 2.75) is 13.8 Å². The third-order valence-corrected chi connectivity index (χ3v) is 4.10. The number of nitrogens with zero attached hydrogens (tertiary/aromatic N) is 3. The molecule has 0 aliphatic carbocycles. The average molecular weight is 299 g/mol. The molecule has 3 heteroatoms. The quantitative estimate of drug-likeness (QED) is 0.538. The van der Waals surface area contributed by atoms with Gasteiger partial charge in [-0.3, -0.25) is 4.98 Å². The number of fused-ring (bicyclic) bond motifs is 1. The van der Waals surface area contributed by atoms with Crippen LogP contribution in [0.15, 0.2) is 67.1 Å². The molecule has 4 rings (SSSR count). The SMILES string of the molecule is Cc1cccc(-c2ncccc2-c2ccc3ncc(C)n3c2)c1. The van der Waals surface area contributed by atoms with Gasteiger partial charge in [-0.1, -0.05) is 29.8 Å². The Kier molecular flexibility index (Phi) is 3.19. The van der Waals surface area contributed by atoms with Crippen LogP contribution in [0, 0.1) is 13.8 Å². The number of rotatable bonds is 2. The van der Waals surface area contributed by atoms with Crippen LogP contribution in [-0.2, 0) is 0 Å². The van der Waals surface area contributed by atoms with E-state index in [1.165, 1.54) is 5.56 Å². The highest BCUT2D eigenvalue weighted by molar-refractivity contribution is 5.81. The zero-order chi connectivity index (χ0) is 15.8. The zero-order valence-corrected chi connectivity index (χ0v) is 13.2. The lowest BCUT2D eigenvalue weighted by atomic mass is 9.99. The molecule has 0 N–H and O–H groups in total. The predicted octanol–water partition coefficient (Wildman–Crippen LogP) is 4.68. The molecule has 0 fully saturated rings. The molecule has 0 unspecified atom stereocenters. The standard InChI is InChI=1S/C20H17N3/c1-14-5-3-6-16(11-14)20-18(7-4-10-21-20)17-8-9-19-22-12-15(2)23(19)13-17/h3-13H,1-2H3. The Balaban J connectivity index is 1.93. The molecule has 0 saturated carbocycles. The molecule has 0 atom stereocenters. The summed E-state index contributed by atoms with van der Waals surface area (Å²) in [4.78, 5) is 9.02. The van der Waals surface area contributed by atoms with Gasteiger partial charge in [0.1, 0.15) is 5.65 Å². The van der Waals surface area contributed by atoms with Crippen molar-refractivity contribution in [2.75, 3.05) is 0 Å². The van der Waals surface area contributed by atoms with Gasteiger partial charge < -0.3 is 4.40 Å². The lowest BCUT2D eigenvalue weighted by molar-refractivity contribution is 1.11. The molecule has 0 bridgehead atoms. The van der Waals surface area contributed by atoms with Crippen molar-refractivity contribution < 1.29 is 0 Å². The Morgan fingerprint density at radius 3 is 2.65 bits per heavy atom.